The number of hydrogen-bond acceptors (Lipinski definition) is 5. The van der Waals surface area contributed by atoms with Gasteiger partial charge in [0.05, 0.1) is 5.75 Å². The fourth-order valence-corrected chi connectivity index (χ4v) is 2.61. The second-order valence-corrected chi connectivity index (χ2v) is 6.11. The molecule has 0 bridgehead atoms. The maximum atomic E-state index is 13.2. The molecule has 3 aromatic rings. The van der Waals surface area contributed by atoms with E-state index in [1.54, 1.807) is 19.1 Å². The van der Waals surface area contributed by atoms with Crippen molar-refractivity contribution < 1.29 is 18.0 Å². The molecule has 0 atom stereocenters. The highest BCUT2D eigenvalue weighted by atomic mass is 32.2. The number of carbonyl (C=O) groups is 1. The molecule has 128 valence electrons. The number of nitrogens with zero attached hydrogens (tertiary/aromatic N) is 2. The number of halogens is 2. The molecule has 0 saturated heterocycles. The van der Waals surface area contributed by atoms with Crippen LogP contribution in [0.4, 0.5) is 14.5 Å². The van der Waals surface area contributed by atoms with Crippen LogP contribution in [0.15, 0.2) is 52.1 Å². The highest BCUT2D eigenvalue weighted by Gasteiger charge is 2.12. The van der Waals surface area contributed by atoms with Crippen molar-refractivity contribution in [3.05, 3.63) is 59.7 Å². The van der Waals surface area contributed by atoms with Crippen molar-refractivity contribution in [3.8, 4) is 11.5 Å². The summed E-state index contributed by atoms with van der Waals surface area (Å²) in [5.74, 6) is -0.978. The molecular formula is C17H13F2N3O2S. The van der Waals surface area contributed by atoms with Crippen LogP contribution in [-0.4, -0.2) is 21.9 Å². The summed E-state index contributed by atoms with van der Waals surface area (Å²) >= 11 is 1.04. The first-order chi connectivity index (χ1) is 12.0. The molecule has 1 amide bonds. The zero-order valence-corrected chi connectivity index (χ0v) is 13.9. The Morgan fingerprint density at radius 2 is 1.96 bits per heavy atom. The monoisotopic (exact) mass is 361 g/mol. The van der Waals surface area contributed by atoms with Gasteiger partial charge in [-0.05, 0) is 42.8 Å². The van der Waals surface area contributed by atoms with Gasteiger partial charge in [-0.3, -0.25) is 4.79 Å². The van der Waals surface area contributed by atoms with Gasteiger partial charge in [0.25, 0.3) is 5.22 Å². The fourth-order valence-electron chi connectivity index (χ4n) is 2.05. The number of rotatable bonds is 5. The molecule has 0 radical (unpaired) electrons. The summed E-state index contributed by atoms with van der Waals surface area (Å²) < 4.78 is 31.8. The highest BCUT2D eigenvalue weighted by molar-refractivity contribution is 7.99. The van der Waals surface area contributed by atoms with Crippen LogP contribution in [0.5, 0.6) is 0 Å². The number of thioether (sulfide) groups is 1. The molecule has 0 aliphatic rings. The van der Waals surface area contributed by atoms with Gasteiger partial charge in [0.15, 0.2) is 0 Å². The van der Waals surface area contributed by atoms with Crippen molar-refractivity contribution in [2.45, 2.75) is 12.1 Å². The van der Waals surface area contributed by atoms with Gasteiger partial charge in [-0.2, -0.15) is 0 Å². The Bertz CT molecular complexity index is 914. The average molecular weight is 361 g/mol. The third-order valence-electron chi connectivity index (χ3n) is 3.28. The van der Waals surface area contributed by atoms with Crippen molar-refractivity contribution in [3.63, 3.8) is 0 Å². The largest absolute Gasteiger partial charge is 0.411 e. The van der Waals surface area contributed by atoms with Crippen LogP contribution in [0.1, 0.15) is 5.56 Å². The molecule has 1 aromatic heterocycles. The summed E-state index contributed by atoms with van der Waals surface area (Å²) in [6, 6.07) is 9.94. The van der Waals surface area contributed by atoms with E-state index in [1.807, 2.05) is 0 Å². The first kappa shape index (κ1) is 17.1. The number of aryl methyl sites for hydroxylation is 1. The van der Waals surface area contributed by atoms with Crippen LogP contribution in [0.3, 0.4) is 0 Å². The molecule has 3 rings (SSSR count). The molecule has 0 unspecified atom stereocenters. The van der Waals surface area contributed by atoms with Crippen molar-refractivity contribution in [2.24, 2.45) is 0 Å². The van der Waals surface area contributed by atoms with E-state index in [4.69, 9.17) is 4.42 Å². The highest BCUT2D eigenvalue weighted by Crippen LogP contribution is 2.24. The number of carbonyl (C=O) groups excluding carboxylic acids is 1. The zero-order chi connectivity index (χ0) is 17.8. The smallest absolute Gasteiger partial charge is 0.277 e. The van der Waals surface area contributed by atoms with Crippen molar-refractivity contribution in [1.29, 1.82) is 0 Å². The van der Waals surface area contributed by atoms with Gasteiger partial charge in [0, 0.05) is 11.3 Å². The van der Waals surface area contributed by atoms with Crippen LogP contribution in [0, 0.1) is 18.6 Å². The topological polar surface area (TPSA) is 68.0 Å². The lowest BCUT2D eigenvalue weighted by Gasteiger charge is -2.07. The van der Waals surface area contributed by atoms with E-state index in [9.17, 15) is 13.6 Å². The third-order valence-corrected chi connectivity index (χ3v) is 4.10. The second-order valence-electron chi connectivity index (χ2n) is 5.18. The van der Waals surface area contributed by atoms with Crippen LogP contribution >= 0.6 is 11.8 Å². The molecule has 0 spiro atoms. The van der Waals surface area contributed by atoms with Crippen molar-refractivity contribution in [1.82, 2.24) is 10.2 Å². The van der Waals surface area contributed by atoms with Gasteiger partial charge >= 0.3 is 0 Å². The summed E-state index contributed by atoms with van der Waals surface area (Å²) in [4.78, 5) is 12.0. The van der Waals surface area contributed by atoms with Crippen molar-refractivity contribution >= 4 is 23.4 Å². The van der Waals surface area contributed by atoms with E-state index in [0.717, 1.165) is 17.3 Å². The Kier molecular flexibility index (Phi) is 5.08. The molecule has 1 N–H and O–H groups in total. The molecule has 8 heteroatoms. The lowest BCUT2D eigenvalue weighted by Crippen LogP contribution is -2.15. The first-order valence-electron chi connectivity index (χ1n) is 7.29. The number of aromatic nitrogens is 2. The van der Waals surface area contributed by atoms with Crippen LogP contribution < -0.4 is 5.32 Å². The molecule has 1 heterocycles. The van der Waals surface area contributed by atoms with Gasteiger partial charge in [-0.25, -0.2) is 8.78 Å². The predicted molar refractivity (Wildman–Crippen MR) is 90.2 cm³/mol. The Balaban J connectivity index is 1.60. The molecule has 0 aliphatic heterocycles. The quantitative estimate of drug-likeness (QED) is 0.694. The van der Waals surface area contributed by atoms with Crippen LogP contribution in [-0.2, 0) is 4.79 Å². The van der Waals surface area contributed by atoms with Gasteiger partial charge in [-0.15, -0.1) is 10.2 Å². The molecule has 0 aliphatic carbocycles. The van der Waals surface area contributed by atoms with E-state index in [2.05, 4.69) is 15.5 Å². The van der Waals surface area contributed by atoms with E-state index < -0.39 is 11.6 Å². The van der Waals surface area contributed by atoms with Crippen LogP contribution in [0.2, 0.25) is 0 Å². The minimum Gasteiger partial charge on any atom is -0.411 e. The van der Waals surface area contributed by atoms with Gasteiger partial charge < -0.3 is 9.73 Å². The van der Waals surface area contributed by atoms with E-state index >= 15 is 0 Å². The number of anilines is 1. The number of amides is 1. The lowest BCUT2D eigenvalue weighted by atomic mass is 10.2. The predicted octanol–water partition coefficient (Wildman–Crippen LogP) is 4.05. The normalized spacial score (nSPS) is 10.7. The Labute approximate surface area is 146 Å². The Hall–Kier alpha value is -2.74. The summed E-state index contributed by atoms with van der Waals surface area (Å²) in [6.45, 7) is 1.77. The molecule has 5 nitrogen and oxygen atoms in total. The second kappa shape index (κ2) is 7.43. The maximum absolute atomic E-state index is 13.2. The molecule has 25 heavy (non-hydrogen) atoms. The summed E-state index contributed by atoms with van der Waals surface area (Å²) in [6.07, 6.45) is 0. The zero-order valence-electron chi connectivity index (χ0n) is 13.1. The van der Waals surface area contributed by atoms with E-state index in [-0.39, 0.29) is 22.8 Å². The van der Waals surface area contributed by atoms with Gasteiger partial charge in [0.1, 0.15) is 11.6 Å². The number of nitrogens with one attached hydrogen (secondary N) is 1. The molecular weight excluding hydrogens is 348 g/mol. The number of benzene rings is 2. The van der Waals surface area contributed by atoms with Crippen LogP contribution in [0.25, 0.3) is 11.5 Å². The third kappa shape index (κ3) is 4.42. The van der Waals surface area contributed by atoms with Gasteiger partial charge in [-0.1, -0.05) is 23.9 Å². The molecule has 0 fully saturated rings. The summed E-state index contributed by atoms with van der Waals surface area (Å²) in [5, 5.41) is 10.5. The average Bonchev–Trinajstić information content (AvgIpc) is 3.05. The van der Waals surface area contributed by atoms with E-state index in [1.165, 1.54) is 30.3 Å². The summed E-state index contributed by atoms with van der Waals surface area (Å²) in [7, 11) is 0. The first-order valence-corrected chi connectivity index (χ1v) is 8.28. The van der Waals surface area contributed by atoms with Crippen molar-refractivity contribution in [2.75, 3.05) is 11.1 Å². The number of hydrogen-bond donors (Lipinski definition) is 1. The summed E-state index contributed by atoms with van der Waals surface area (Å²) in [5.41, 5.74) is 1.63. The lowest BCUT2D eigenvalue weighted by molar-refractivity contribution is -0.113. The SMILES string of the molecule is Cc1ccc(F)cc1NC(=O)CSc1nnc(-c2cccc(F)c2)o1. The molecule has 2 aromatic carbocycles. The Morgan fingerprint density at radius 1 is 1.16 bits per heavy atom. The maximum Gasteiger partial charge on any atom is 0.277 e. The van der Waals surface area contributed by atoms with E-state index in [0.29, 0.717) is 11.3 Å². The fraction of sp³-hybridized carbons (Fsp3) is 0.118. The van der Waals surface area contributed by atoms with Gasteiger partial charge in [0.2, 0.25) is 11.8 Å². The standard InChI is InChI=1S/C17H13F2N3O2S/c1-10-5-6-13(19)8-14(10)20-15(23)9-25-17-22-21-16(24-17)11-3-2-4-12(18)7-11/h2-8H,9H2,1H3,(H,20,23). The Morgan fingerprint density at radius 3 is 2.76 bits per heavy atom. The minimum absolute atomic E-state index is 0.0146. The minimum atomic E-state index is -0.426. The molecule has 0 saturated carbocycles.